The first kappa shape index (κ1) is 15.5. The standard InChI is InChI=1S/C15H22FN3/c1-4-18-15(2,12-17)10-5-11-19(3)14-8-6-13(16)7-9-14/h6-9,18H,4-5,10-11H2,1-3H3. The Hall–Kier alpha value is -1.60. The van der Waals surface area contributed by atoms with Crippen LogP contribution >= 0.6 is 0 Å². The predicted molar refractivity (Wildman–Crippen MR) is 76.6 cm³/mol. The highest BCUT2D eigenvalue weighted by Gasteiger charge is 2.21. The number of hydrogen-bond donors (Lipinski definition) is 1. The number of rotatable bonds is 7. The lowest BCUT2D eigenvalue weighted by Crippen LogP contribution is -2.41. The highest BCUT2D eigenvalue weighted by molar-refractivity contribution is 5.45. The van der Waals surface area contributed by atoms with Crippen molar-refractivity contribution in [3.8, 4) is 6.07 Å². The summed E-state index contributed by atoms with van der Waals surface area (Å²) in [4.78, 5) is 2.07. The van der Waals surface area contributed by atoms with Crippen LogP contribution in [0, 0.1) is 17.1 Å². The van der Waals surface area contributed by atoms with Gasteiger partial charge in [0, 0.05) is 19.3 Å². The second-order valence-electron chi connectivity index (χ2n) is 4.98. The molecule has 0 saturated carbocycles. The van der Waals surface area contributed by atoms with E-state index in [-0.39, 0.29) is 5.82 Å². The highest BCUT2D eigenvalue weighted by Crippen LogP contribution is 2.16. The van der Waals surface area contributed by atoms with Crippen molar-refractivity contribution in [2.45, 2.75) is 32.2 Å². The number of nitriles is 1. The molecular formula is C15H22FN3. The van der Waals surface area contributed by atoms with Crippen molar-refractivity contribution in [3.63, 3.8) is 0 Å². The first-order valence-electron chi connectivity index (χ1n) is 6.64. The van der Waals surface area contributed by atoms with Crippen LogP contribution in [0.25, 0.3) is 0 Å². The minimum absolute atomic E-state index is 0.221. The minimum atomic E-state index is -0.460. The first-order chi connectivity index (χ1) is 9.00. The maximum Gasteiger partial charge on any atom is 0.123 e. The van der Waals surface area contributed by atoms with Gasteiger partial charge < -0.3 is 4.90 Å². The number of nitrogens with one attached hydrogen (secondary N) is 1. The third-order valence-electron chi connectivity index (χ3n) is 3.25. The largest absolute Gasteiger partial charge is 0.375 e. The van der Waals surface area contributed by atoms with E-state index >= 15 is 0 Å². The number of benzene rings is 1. The van der Waals surface area contributed by atoms with E-state index in [1.807, 2.05) is 20.9 Å². The molecule has 104 valence electrons. The number of hydrogen-bond acceptors (Lipinski definition) is 3. The smallest absolute Gasteiger partial charge is 0.123 e. The van der Waals surface area contributed by atoms with Crippen LogP contribution in [0.3, 0.4) is 0 Å². The maximum absolute atomic E-state index is 12.8. The van der Waals surface area contributed by atoms with Crippen LogP contribution in [-0.4, -0.2) is 25.7 Å². The van der Waals surface area contributed by atoms with Gasteiger partial charge in [0.1, 0.15) is 11.4 Å². The van der Waals surface area contributed by atoms with Crippen molar-refractivity contribution in [3.05, 3.63) is 30.1 Å². The molecule has 3 nitrogen and oxygen atoms in total. The van der Waals surface area contributed by atoms with Gasteiger partial charge in [-0.05, 0) is 50.6 Å². The van der Waals surface area contributed by atoms with Gasteiger partial charge in [-0.3, -0.25) is 5.32 Å². The molecule has 0 spiro atoms. The quantitative estimate of drug-likeness (QED) is 0.822. The summed E-state index contributed by atoms with van der Waals surface area (Å²) >= 11 is 0. The van der Waals surface area contributed by atoms with Crippen molar-refractivity contribution in [2.75, 3.05) is 25.0 Å². The van der Waals surface area contributed by atoms with E-state index in [1.165, 1.54) is 12.1 Å². The van der Waals surface area contributed by atoms with Crippen molar-refractivity contribution < 1.29 is 4.39 Å². The number of halogens is 1. The summed E-state index contributed by atoms with van der Waals surface area (Å²) < 4.78 is 12.8. The molecule has 0 amide bonds. The molecule has 1 aromatic rings. The Morgan fingerprint density at radius 2 is 2.00 bits per heavy atom. The third kappa shape index (κ3) is 4.88. The lowest BCUT2D eigenvalue weighted by molar-refractivity contribution is 0.418. The molecule has 4 heteroatoms. The Kier molecular flexibility index (Phi) is 5.78. The van der Waals surface area contributed by atoms with Crippen LogP contribution < -0.4 is 10.2 Å². The monoisotopic (exact) mass is 263 g/mol. The molecule has 1 rings (SSSR count). The highest BCUT2D eigenvalue weighted by atomic mass is 19.1. The van der Waals surface area contributed by atoms with Crippen molar-refractivity contribution in [1.82, 2.24) is 5.32 Å². The van der Waals surface area contributed by atoms with Gasteiger partial charge in [0.05, 0.1) is 6.07 Å². The van der Waals surface area contributed by atoms with E-state index in [2.05, 4.69) is 16.3 Å². The summed E-state index contributed by atoms with van der Waals surface area (Å²) in [5.74, 6) is -0.221. The molecule has 0 heterocycles. The van der Waals surface area contributed by atoms with Crippen molar-refractivity contribution in [1.29, 1.82) is 5.26 Å². The molecule has 0 aliphatic rings. The fourth-order valence-corrected chi connectivity index (χ4v) is 2.07. The summed E-state index contributed by atoms with van der Waals surface area (Å²) in [5, 5.41) is 12.4. The zero-order valence-electron chi connectivity index (χ0n) is 11.9. The van der Waals surface area contributed by atoms with Gasteiger partial charge in [0.2, 0.25) is 0 Å². The zero-order valence-corrected chi connectivity index (χ0v) is 11.9. The van der Waals surface area contributed by atoms with Crippen molar-refractivity contribution in [2.24, 2.45) is 0 Å². The van der Waals surface area contributed by atoms with Gasteiger partial charge in [-0.15, -0.1) is 0 Å². The van der Waals surface area contributed by atoms with Crippen molar-refractivity contribution >= 4 is 5.69 Å². The molecular weight excluding hydrogens is 241 g/mol. The summed E-state index contributed by atoms with van der Waals surface area (Å²) in [7, 11) is 1.98. The lowest BCUT2D eigenvalue weighted by Gasteiger charge is -2.25. The Balaban J connectivity index is 2.44. The van der Waals surface area contributed by atoms with Gasteiger partial charge in [-0.1, -0.05) is 6.92 Å². The first-order valence-corrected chi connectivity index (χ1v) is 6.64. The zero-order chi connectivity index (χ0) is 14.3. The molecule has 0 aliphatic carbocycles. The van der Waals surface area contributed by atoms with Gasteiger partial charge in [-0.2, -0.15) is 5.26 Å². The predicted octanol–water partition coefficient (Wildman–Crippen LogP) is 2.93. The van der Waals surface area contributed by atoms with E-state index in [1.54, 1.807) is 12.1 Å². The fraction of sp³-hybridized carbons (Fsp3) is 0.533. The second kappa shape index (κ2) is 7.10. The van der Waals surface area contributed by atoms with Gasteiger partial charge in [0.25, 0.3) is 0 Å². The van der Waals surface area contributed by atoms with Crippen LogP contribution in [0.15, 0.2) is 24.3 Å². The lowest BCUT2D eigenvalue weighted by atomic mass is 9.97. The van der Waals surface area contributed by atoms with E-state index in [0.717, 1.165) is 31.6 Å². The van der Waals surface area contributed by atoms with Gasteiger partial charge in [0.15, 0.2) is 0 Å². The van der Waals surface area contributed by atoms with Crippen LogP contribution in [0.1, 0.15) is 26.7 Å². The molecule has 1 N–H and O–H groups in total. The average Bonchev–Trinajstić information content (AvgIpc) is 2.39. The van der Waals surface area contributed by atoms with Gasteiger partial charge >= 0.3 is 0 Å². The Labute approximate surface area is 115 Å². The average molecular weight is 263 g/mol. The minimum Gasteiger partial charge on any atom is -0.375 e. The maximum atomic E-state index is 12.8. The van der Waals surface area contributed by atoms with E-state index in [4.69, 9.17) is 5.26 Å². The topological polar surface area (TPSA) is 39.1 Å². The second-order valence-corrected chi connectivity index (χ2v) is 4.98. The molecule has 0 fully saturated rings. The van der Waals surface area contributed by atoms with Crippen LogP contribution in [0.5, 0.6) is 0 Å². The van der Waals surface area contributed by atoms with Gasteiger partial charge in [-0.25, -0.2) is 4.39 Å². The van der Waals surface area contributed by atoms with E-state index in [9.17, 15) is 4.39 Å². The molecule has 1 aromatic carbocycles. The molecule has 0 aliphatic heterocycles. The van der Waals surface area contributed by atoms with E-state index in [0.29, 0.717) is 0 Å². The summed E-state index contributed by atoms with van der Waals surface area (Å²) in [6.07, 6.45) is 1.70. The van der Waals surface area contributed by atoms with Crippen LogP contribution in [0.4, 0.5) is 10.1 Å². The Morgan fingerprint density at radius 1 is 1.37 bits per heavy atom. The Morgan fingerprint density at radius 3 is 2.53 bits per heavy atom. The SMILES string of the molecule is CCNC(C)(C#N)CCCN(C)c1ccc(F)cc1. The molecule has 1 unspecified atom stereocenters. The fourth-order valence-electron chi connectivity index (χ4n) is 2.07. The summed E-state index contributed by atoms with van der Waals surface area (Å²) in [6, 6.07) is 8.78. The molecule has 0 radical (unpaired) electrons. The van der Waals surface area contributed by atoms with Crippen LogP contribution in [-0.2, 0) is 0 Å². The molecule has 1 atom stereocenters. The summed E-state index contributed by atoms with van der Waals surface area (Å²) in [5.41, 5.74) is 0.529. The molecule has 0 aromatic heterocycles. The number of anilines is 1. The molecule has 0 bridgehead atoms. The third-order valence-corrected chi connectivity index (χ3v) is 3.25. The Bertz CT molecular complexity index is 424. The molecule has 0 saturated heterocycles. The normalized spacial score (nSPS) is 13.6. The van der Waals surface area contributed by atoms with E-state index < -0.39 is 5.54 Å². The molecule has 19 heavy (non-hydrogen) atoms. The van der Waals surface area contributed by atoms with Crippen LogP contribution in [0.2, 0.25) is 0 Å². The number of nitrogens with zero attached hydrogens (tertiary/aromatic N) is 2. The summed E-state index contributed by atoms with van der Waals surface area (Å²) in [6.45, 7) is 5.56.